The molecule has 4 heterocycles. The Balaban J connectivity index is 1.29. The van der Waals surface area contributed by atoms with Crippen LogP contribution in [0.25, 0.3) is 22.5 Å². The van der Waals surface area contributed by atoms with E-state index in [0.29, 0.717) is 41.8 Å². The number of hydrogen-bond acceptors (Lipinski definition) is 8. The maximum atomic E-state index is 12.7. The molecule has 4 aromatic rings. The van der Waals surface area contributed by atoms with E-state index in [4.69, 9.17) is 13.7 Å². The highest BCUT2D eigenvalue weighted by Gasteiger charge is 2.37. The largest absolute Gasteiger partial charge is 0.493 e. The van der Waals surface area contributed by atoms with Crippen LogP contribution in [0, 0.1) is 0 Å². The van der Waals surface area contributed by atoms with Gasteiger partial charge in [0.1, 0.15) is 5.69 Å². The zero-order valence-corrected chi connectivity index (χ0v) is 14.9. The first-order valence-electron chi connectivity index (χ1n) is 8.69. The van der Waals surface area contributed by atoms with Gasteiger partial charge in [-0.25, -0.2) is 4.98 Å². The van der Waals surface area contributed by atoms with E-state index in [1.165, 1.54) is 0 Å². The van der Waals surface area contributed by atoms with E-state index >= 15 is 0 Å². The van der Waals surface area contributed by atoms with Crippen molar-refractivity contribution in [2.45, 2.75) is 5.92 Å². The first-order valence-corrected chi connectivity index (χ1v) is 8.69. The lowest BCUT2D eigenvalue weighted by Gasteiger charge is -2.36. The maximum absolute atomic E-state index is 12.7. The molecule has 0 bridgehead atoms. The highest BCUT2D eigenvalue weighted by Crippen LogP contribution is 2.32. The molecule has 1 amide bonds. The molecule has 9 heteroatoms. The van der Waals surface area contributed by atoms with Gasteiger partial charge in [0.15, 0.2) is 17.1 Å². The van der Waals surface area contributed by atoms with Crippen LogP contribution in [0.2, 0.25) is 0 Å². The number of fused-ring (bicyclic) bond motifs is 1. The lowest BCUT2D eigenvalue weighted by atomic mass is 10.00. The number of para-hydroxylation sites is 1. The molecular formula is C19H15N5O4. The Hall–Kier alpha value is -3.75. The summed E-state index contributed by atoms with van der Waals surface area (Å²) >= 11 is 0. The molecule has 0 aliphatic carbocycles. The summed E-state index contributed by atoms with van der Waals surface area (Å²) in [6.45, 7) is 0.963. The first-order chi connectivity index (χ1) is 13.7. The SMILES string of the molecule is COc1cccc2cc(C(=O)N3CC(c4nc(-c5cnccn5)no4)C3)oc12. The lowest BCUT2D eigenvalue weighted by Crippen LogP contribution is -2.48. The Morgan fingerprint density at radius 2 is 2.18 bits per heavy atom. The van der Waals surface area contributed by atoms with Crippen LogP contribution in [0.15, 0.2) is 51.8 Å². The second-order valence-electron chi connectivity index (χ2n) is 6.44. The van der Waals surface area contributed by atoms with Crippen molar-refractivity contribution in [3.8, 4) is 17.3 Å². The van der Waals surface area contributed by atoms with E-state index in [0.717, 1.165) is 5.39 Å². The average Bonchev–Trinajstić information content (AvgIpc) is 3.34. The molecule has 1 aliphatic heterocycles. The van der Waals surface area contributed by atoms with Gasteiger partial charge in [0.05, 0.1) is 19.2 Å². The molecular weight excluding hydrogens is 362 g/mol. The summed E-state index contributed by atoms with van der Waals surface area (Å²) in [5, 5.41) is 4.77. The summed E-state index contributed by atoms with van der Waals surface area (Å²) in [5.74, 6) is 1.56. The van der Waals surface area contributed by atoms with Crippen molar-refractivity contribution in [3.63, 3.8) is 0 Å². The number of nitrogens with zero attached hydrogens (tertiary/aromatic N) is 5. The van der Waals surface area contributed by atoms with Crippen molar-refractivity contribution >= 4 is 16.9 Å². The molecule has 0 saturated carbocycles. The number of methoxy groups -OCH3 is 1. The van der Waals surface area contributed by atoms with E-state index in [-0.39, 0.29) is 17.6 Å². The number of aromatic nitrogens is 4. The summed E-state index contributed by atoms with van der Waals surface area (Å²) in [6.07, 6.45) is 4.71. The Bertz CT molecular complexity index is 1150. The molecule has 1 fully saturated rings. The Kier molecular flexibility index (Phi) is 3.78. The molecule has 5 rings (SSSR count). The molecule has 1 aromatic carbocycles. The van der Waals surface area contributed by atoms with Crippen LogP contribution in [-0.4, -0.2) is 51.1 Å². The van der Waals surface area contributed by atoms with Gasteiger partial charge in [0.25, 0.3) is 5.91 Å². The van der Waals surface area contributed by atoms with Gasteiger partial charge >= 0.3 is 0 Å². The van der Waals surface area contributed by atoms with Gasteiger partial charge in [-0.15, -0.1) is 0 Å². The smallest absolute Gasteiger partial charge is 0.289 e. The fourth-order valence-corrected chi connectivity index (χ4v) is 3.18. The van der Waals surface area contributed by atoms with Crippen molar-refractivity contribution in [2.75, 3.05) is 20.2 Å². The average molecular weight is 377 g/mol. The summed E-state index contributed by atoms with van der Waals surface area (Å²) in [5.41, 5.74) is 1.11. The van der Waals surface area contributed by atoms with Crippen LogP contribution in [-0.2, 0) is 0 Å². The van der Waals surface area contributed by atoms with Gasteiger partial charge in [0.2, 0.25) is 11.7 Å². The van der Waals surface area contributed by atoms with Gasteiger partial charge in [0, 0.05) is 30.9 Å². The van der Waals surface area contributed by atoms with Gasteiger partial charge in [-0.05, 0) is 12.1 Å². The fraction of sp³-hybridized carbons (Fsp3) is 0.211. The number of benzene rings is 1. The number of amides is 1. The third-order valence-electron chi connectivity index (χ3n) is 4.69. The molecule has 1 aliphatic rings. The summed E-state index contributed by atoms with van der Waals surface area (Å²) in [4.78, 5) is 26.9. The number of hydrogen-bond donors (Lipinski definition) is 0. The van der Waals surface area contributed by atoms with E-state index in [9.17, 15) is 4.79 Å². The van der Waals surface area contributed by atoms with Crippen molar-refractivity contribution in [1.82, 2.24) is 25.0 Å². The molecule has 0 atom stereocenters. The van der Waals surface area contributed by atoms with Crippen molar-refractivity contribution in [1.29, 1.82) is 0 Å². The van der Waals surface area contributed by atoms with Crippen LogP contribution in [0.1, 0.15) is 22.4 Å². The molecule has 3 aromatic heterocycles. The maximum Gasteiger partial charge on any atom is 0.289 e. The van der Waals surface area contributed by atoms with E-state index in [2.05, 4.69) is 20.1 Å². The quantitative estimate of drug-likeness (QED) is 0.534. The zero-order chi connectivity index (χ0) is 19.1. The lowest BCUT2D eigenvalue weighted by molar-refractivity contribution is 0.0539. The Morgan fingerprint density at radius 3 is 2.96 bits per heavy atom. The van der Waals surface area contributed by atoms with Crippen LogP contribution >= 0.6 is 0 Å². The minimum Gasteiger partial charge on any atom is -0.493 e. The van der Waals surface area contributed by atoms with Crippen LogP contribution in [0.4, 0.5) is 0 Å². The van der Waals surface area contributed by atoms with Crippen LogP contribution < -0.4 is 4.74 Å². The minimum atomic E-state index is -0.178. The van der Waals surface area contributed by atoms with Gasteiger partial charge < -0.3 is 18.6 Å². The Labute approximate surface area is 158 Å². The number of furan rings is 1. The van der Waals surface area contributed by atoms with Gasteiger partial charge in [-0.2, -0.15) is 4.98 Å². The highest BCUT2D eigenvalue weighted by molar-refractivity contribution is 5.97. The standard InChI is InChI=1S/C19H15N5O4/c1-26-14-4-2-3-11-7-15(27-16(11)14)19(25)24-9-12(10-24)18-22-17(23-28-18)13-8-20-5-6-21-13/h2-8,12H,9-10H2,1H3. The van der Waals surface area contributed by atoms with Crippen LogP contribution in [0.5, 0.6) is 5.75 Å². The molecule has 28 heavy (non-hydrogen) atoms. The molecule has 0 N–H and O–H groups in total. The molecule has 0 radical (unpaired) electrons. The minimum absolute atomic E-state index is 0.0132. The zero-order valence-electron chi connectivity index (χ0n) is 14.9. The summed E-state index contributed by atoms with van der Waals surface area (Å²) in [7, 11) is 1.57. The molecule has 0 spiro atoms. The molecule has 9 nitrogen and oxygen atoms in total. The Morgan fingerprint density at radius 1 is 1.29 bits per heavy atom. The third kappa shape index (κ3) is 2.68. The normalized spacial score (nSPS) is 14.2. The molecule has 140 valence electrons. The fourth-order valence-electron chi connectivity index (χ4n) is 3.18. The second-order valence-corrected chi connectivity index (χ2v) is 6.44. The van der Waals surface area contributed by atoms with E-state index < -0.39 is 0 Å². The second kappa shape index (κ2) is 6.45. The monoisotopic (exact) mass is 377 g/mol. The first kappa shape index (κ1) is 16.4. The van der Waals surface area contributed by atoms with Crippen molar-refractivity contribution in [2.24, 2.45) is 0 Å². The number of carbonyl (C=O) groups excluding carboxylic acids is 1. The predicted molar refractivity (Wildman–Crippen MR) is 96.7 cm³/mol. The van der Waals surface area contributed by atoms with E-state index in [1.807, 2.05) is 12.1 Å². The predicted octanol–water partition coefficient (Wildman–Crippen LogP) is 2.52. The van der Waals surface area contributed by atoms with Crippen LogP contribution in [0.3, 0.4) is 0 Å². The number of carbonyl (C=O) groups is 1. The molecule has 1 saturated heterocycles. The number of ether oxygens (including phenoxy) is 1. The van der Waals surface area contributed by atoms with Gasteiger partial charge in [-0.1, -0.05) is 17.3 Å². The van der Waals surface area contributed by atoms with Gasteiger partial charge in [-0.3, -0.25) is 9.78 Å². The highest BCUT2D eigenvalue weighted by atomic mass is 16.5. The molecule has 0 unspecified atom stereocenters. The number of likely N-dealkylation sites (tertiary alicyclic amines) is 1. The number of rotatable bonds is 4. The third-order valence-corrected chi connectivity index (χ3v) is 4.69. The summed E-state index contributed by atoms with van der Waals surface area (Å²) in [6, 6.07) is 7.26. The van der Waals surface area contributed by atoms with Crippen molar-refractivity contribution < 1.29 is 18.5 Å². The summed E-state index contributed by atoms with van der Waals surface area (Å²) < 4.78 is 16.3. The topological polar surface area (TPSA) is 107 Å². The van der Waals surface area contributed by atoms with E-state index in [1.54, 1.807) is 42.7 Å². The van der Waals surface area contributed by atoms with Crippen molar-refractivity contribution in [3.05, 3.63) is 54.5 Å².